The normalized spacial score (nSPS) is 10.8. The molecule has 0 atom stereocenters. The third-order valence-corrected chi connectivity index (χ3v) is 5.15. The summed E-state index contributed by atoms with van der Waals surface area (Å²) in [5, 5.41) is 14.9. The van der Waals surface area contributed by atoms with Gasteiger partial charge in [0.2, 0.25) is 0 Å². The molecule has 0 radical (unpaired) electrons. The number of hydrogen-bond donors (Lipinski definition) is 1. The van der Waals surface area contributed by atoms with Gasteiger partial charge in [0.15, 0.2) is 6.61 Å². The lowest BCUT2D eigenvalue weighted by atomic mass is 10.1. The number of benzene rings is 3. The van der Waals surface area contributed by atoms with Gasteiger partial charge in [-0.2, -0.15) is 5.10 Å². The quantitative estimate of drug-likeness (QED) is 0.371. The minimum atomic E-state index is -1.06. The van der Waals surface area contributed by atoms with Crippen molar-refractivity contribution in [2.45, 2.75) is 6.54 Å². The number of aromatic nitrogens is 2. The van der Waals surface area contributed by atoms with E-state index in [4.69, 9.17) is 38.1 Å². The summed E-state index contributed by atoms with van der Waals surface area (Å²) in [5.74, 6) is -0.656. The summed E-state index contributed by atoms with van der Waals surface area (Å²) in [6, 6.07) is 24.5. The SMILES string of the molecule is O=C(O)COc1ccc(Cl)cc1-c1cc(-c2ccc(Cl)cc2)n(Cc2ccccc2)n1. The Morgan fingerprint density at radius 3 is 2.35 bits per heavy atom. The Kier molecular flexibility index (Phi) is 6.26. The van der Waals surface area contributed by atoms with Crippen LogP contribution in [0.5, 0.6) is 5.75 Å². The highest BCUT2D eigenvalue weighted by Crippen LogP contribution is 2.35. The van der Waals surface area contributed by atoms with E-state index in [2.05, 4.69) is 0 Å². The molecule has 4 rings (SSSR count). The van der Waals surface area contributed by atoms with Crippen LogP contribution in [0.25, 0.3) is 22.5 Å². The van der Waals surface area contributed by atoms with E-state index in [0.717, 1.165) is 16.8 Å². The molecule has 0 amide bonds. The minimum Gasteiger partial charge on any atom is -0.481 e. The lowest BCUT2D eigenvalue weighted by Crippen LogP contribution is -2.10. The van der Waals surface area contributed by atoms with Crippen molar-refractivity contribution in [2.75, 3.05) is 6.61 Å². The molecule has 0 aliphatic carbocycles. The number of hydrogen-bond acceptors (Lipinski definition) is 3. The Labute approximate surface area is 189 Å². The molecule has 0 aliphatic rings. The first-order chi connectivity index (χ1) is 15.0. The highest BCUT2D eigenvalue weighted by molar-refractivity contribution is 6.31. The number of rotatable bonds is 7. The Hall–Kier alpha value is -3.28. The van der Waals surface area contributed by atoms with E-state index in [1.165, 1.54) is 0 Å². The molecular weight excluding hydrogens is 435 g/mol. The zero-order valence-corrected chi connectivity index (χ0v) is 17.8. The number of ether oxygens (including phenoxy) is 1. The van der Waals surface area contributed by atoms with Gasteiger partial charge in [-0.15, -0.1) is 0 Å². The van der Waals surface area contributed by atoms with Crippen LogP contribution in [0.4, 0.5) is 0 Å². The van der Waals surface area contributed by atoms with E-state index in [-0.39, 0.29) is 0 Å². The number of aliphatic carboxylic acids is 1. The number of nitrogens with zero attached hydrogens (tertiary/aromatic N) is 2. The molecule has 0 spiro atoms. The lowest BCUT2D eigenvalue weighted by molar-refractivity contribution is -0.139. The van der Waals surface area contributed by atoms with Crippen LogP contribution < -0.4 is 4.74 Å². The average Bonchev–Trinajstić information content (AvgIpc) is 3.17. The molecular formula is C24H18Cl2N2O3. The van der Waals surface area contributed by atoms with Crippen LogP contribution in [0.1, 0.15) is 5.56 Å². The molecule has 1 heterocycles. The summed E-state index contributed by atoms with van der Waals surface area (Å²) in [5.41, 5.74) is 4.19. The number of halogens is 2. The third-order valence-electron chi connectivity index (χ3n) is 4.66. The van der Waals surface area contributed by atoms with Gasteiger partial charge in [0.05, 0.1) is 17.9 Å². The number of carboxylic acids is 1. The predicted octanol–water partition coefficient (Wildman–Crippen LogP) is 6.04. The predicted molar refractivity (Wildman–Crippen MR) is 122 cm³/mol. The molecule has 0 saturated carbocycles. The van der Waals surface area contributed by atoms with E-state index in [1.807, 2.05) is 65.3 Å². The third kappa shape index (κ3) is 5.08. The Bertz CT molecular complexity index is 1210. The second kappa shape index (κ2) is 9.25. The van der Waals surface area contributed by atoms with E-state index < -0.39 is 12.6 Å². The Morgan fingerprint density at radius 1 is 0.935 bits per heavy atom. The maximum atomic E-state index is 11.0. The summed E-state index contributed by atoms with van der Waals surface area (Å²) in [7, 11) is 0. The van der Waals surface area contributed by atoms with E-state index >= 15 is 0 Å². The summed E-state index contributed by atoms with van der Waals surface area (Å²) < 4.78 is 7.37. The molecule has 156 valence electrons. The van der Waals surface area contributed by atoms with Gasteiger partial charge >= 0.3 is 5.97 Å². The second-order valence-corrected chi connectivity index (χ2v) is 7.76. The van der Waals surface area contributed by atoms with Gasteiger partial charge < -0.3 is 9.84 Å². The molecule has 0 bridgehead atoms. The maximum Gasteiger partial charge on any atom is 0.341 e. The highest BCUT2D eigenvalue weighted by atomic mass is 35.5. The van der Waals surface area contributed by atoms with Crippen molar-refractivity contribution < 1.29 is 14.6 Å². The van der Waals surface area contributed by atoms with E-state index in [9.17, 15) is 4.79 Å². The van der Waals surface area contributed by atoms with Crippen molar-refractivity contribution >= 4 is 29.2 Å². The van der Waals surface area contributed by atoms with Crippen molar-refractivity contribution in [3.63, 3.8) is 0 Å². The van der Waals surface area contributed by atoms with Gasteiger partial charge in [0, 0.05) is 15.6 Å². The summed E-state index contributed by atoms with van der Waals surface area (Å²) in [4.78, 5) is 11.0. The van der Waals surface area contributed by atoms with Crippen LogP contribution in [-0.4, -0.2) is 27.5 Å². The van der Waals surface area contributed by atoms with Gasteiger partial charge in [0.1, 0.15) is 5.75 Å². The first kappa shape index (κ1) is 21.0. The van der Waals surface area contributed by atoms with Gasteiger partial charge in [-0.3, -0.25) is 4.68 Å². The van der Waals surface area contributed by atoms with Crippen LogP contribution in [0.15, 0.2) is 78.9 Å². The van der Waals surface area contributed by atoms with E-state index in [1.54, 1.807) is 18.2 Å². The molecule has 1 aromatic heterocycles. The molecule has 5 nitrogen and oxygen atoms in total. The molecule has 7 heteroatoms. The zero-order chi connectivity index (χ0) is 21.8. The molecule has 0 unspecified atom stereocenters. The summed E-state index contributed by atoms with van der Waals surface area (Å²) in [6.07, 6.45) is 0. The van der Waals surface area contributed by atoms with Crippen molar-refractivity contribution in [2.24, 2.45) is 0 Å². The first-order valence-corrected chi connectivity index (χ1v) is 10.3. The van der Waals surface area contributed by atoms with Crippen LogP contribution >= 0.6 is 23.2 Å². The summed E-state index contributed by atoms with van der Waals surface area (Å²) in [6.45, 7) is 0.105. The molecule has 31 heavy (non-hydrogen) atoms. The fourth-order valence-corrected chi connectivity index (χ4v) is 3.54. The fraction of sp³-hybridized carbons (Fsp3) is 0.0833. The van der Waals surface area contributed by atoms with Crippen LogP contribution in [-0.2, 0) is 11.3 Å². The second-order valence-electron chi connectivity index (χ2n) is 6.89. The molecule has 4 aromatic rings. The highest BCUT2D eigenvalue weighted by Gasteiger charge is 2.16. The number of carbonyl (C=O) groups is 1. The van der Waals surface area contributed by atoms with Crippen LogP contribution in [0.2, 0.25) is 10.0 Å². The molecule has 0 fully saturated rings. The molecule has 0 aliphatic heterocycles. The van der Waals surface area contributed by atoms with Crippen LogP contribution in [0, 0.1) is 0 Å². The van der Waals surface area contributed by atoms with Gasteiger partial charge in [-0.05, 0) is 47.5 Å². The largest absolute Gasteiger partial charge is 0.481 e. The summed E-state index contributed by atoms with van der Waals surface area (Å²) >= 11 is 12.3. The van der Waals surface area contributed by atoms with Gasteiger partial charge in [-0.1, -0.05) is 65.7 Å². The first-order valence-electron chi connectivity index (χ1n) is 9.52. The monoisotopic (exact) mass is 452 g/mol. The van der Waals surface area contributed by atoms with Gasteiger partial charge in [0.25, 0.3) is 0 Å². The lowest BCUT2D eigenvalue weighted by Gasteiger charge is -2.09. The van der Waals surface area contributed by atoms with Gasteiger partial charge in [-0.25, -0.2) is 4.79 Å². The standard InChI is InChI=1S/C24H18Cl2N2O3/c25-18-8-6-17(7-9-18)22-13-21(27-28(22)14-16-4-2-1-3-5-16)20-12-19(26)10-11-23(20)31-15-24(29)30/h1-13H,14-15H2,(H,29,30). The Balaban J connectivity index is 1.80. The van der Waals surface area contributed by atoms with Crippen molar-refractivity contribution in [1.82, 2.24) is 9.78 Å². The van der Waals surface area contributed by atoms with Crippen molar-refractivity contribution in [3.8, 4) is 28.3 Å². The van der Waals surface area contributed by atoms with Crippen molar-refractivity contribution in [1.29, 1.82) is 0 Å². The maximum absolute atomic E-state index is 11.0. The molecule has 1 N–H and O–H groups in total. The van der Waals surface area contributed by atoms with Crippen LogP contribution in [0.3, 0.4) is 0 Å². The molecule has 3 aromatic carbocycles. The Morgan fingerprint density at radius 2 is 1.65 bits per heavy atom. The fourth-order valence-electron chi connectivity index (χ4n) is 3.25. The topological polar surface area (TPSA) is 64.3 Å². The van der Waals surface area contributed by atoms with E-state index in [0.29, 0.717) is 33.6 Å². The minimum absolute atomic E-state index is 0.402. The molecule has 0 saturated heterocycles. The van der Waals surface area contributed by atoms with Crippen molar-refractivity contribution in [3.05, 3.63) is 94.5 Å². The number of carboxylic acid groups (broad SMARTS) is 1. The smallest absolute Gasteiger partial charge is 0.341 e. The average molecular weight is 453 g/mol. The zero-order valence-electron chi connectivity index (χ0n) is 16.3.